The largest absolute Gasteiger partial charge is 0.459 e. The maximum absolute atomic E-state index is 12.6. The van der Waals surface area contributed by atoms with Crippen LogP contribution in [-0.2, 0) is 9.53 Å². The van der Waals surface area contributed by atoms with Gasteiger partial charge in [0, 0.05) is 25.9 Å². The van der Waals surface area contributed by atoms with Crippen molar-refractivity contribution in [2.45, 2.75) is 39.3 Å². The van der Waals surface area contributed by atoms with Crippen LogP contribution in [0, 0.1) is 18.3 Å². The minimum atomic E-state index is -0.895. The highest BCUT2D eigenvalue weighted by Gasteiger charge is 2.25. The summed E-state index contributed by atoms with van der Waals surface area (Å²) in [6, 6.07) is 9.98. The van der Waals surface area contributed by atoms with Crippen LogP contribution in [0.3, 0.4) is 0 Å². The van der Waals surface area contributed by atoms with Crippen molar-refractivity contribution in [1.29, 1.82) is 5.26 Å². The lowest BCUT2D eigenvalue weighted by Gasteiger charge is -2.23. The molecule has 2 rings (SSSR count). The summed E-state index contributed by atoms with van der Waals surface area (Å²) in [7, 11) is 3.51. The molecule has 6 heteroatoms. The van der Waals surface area contributed by atoms with Crippen molar-refractivity contribution in [3.05, 3.63) is 58.8 Å². The summed E-state index contributed by atoms with van der Waals surface area (Å²) in [6.45, 7) is 7.25. The number of hydrogen-bond acceptors (Lipinski definition) is 6. The molecule has 2 aromatic rings. The van der Waals surface area contributed by atoms with Crippen LogP contribution in [0.15, 0.2) is 42.1 Å². The van der Waals surface area contributed by atoms with E-state index >= 15 is 0 Å². The molecule has 0 bridgehead atoms. The number of ether oxygens (including phenoxy) is 1. The van der Waals surface area contributed by atoms with Crippen LogP contribution in [0.1, 0.15) is 48.3 Å². The highest BCUT2D eigenvalue weighted by molar-refractivity contribution is 6.12. The molecule has 0 radical (unpaired) electrons. The van der Waals surface area contributed by atoms with E-state index in [0.717, 1.165) is 16.3 Å². The molecule has 152 valence electrons. The Hall–Kier alpha value is -3.17. The molecule has 1 atom stereocenters. The number of esters is 1. The molecule has 0 heterocycles. The summed E-state index contributed by atoms with van der Waals surface area (Å²) >= 11 is 0. The minimum absolute atomic E-state index is 0.0645. The summed E-state index contributed by atoms with van der Waals surface area (Å²) in [6.07, 6.45) is 1.50. The van der Waals surface area contributed by atoms with Gasteiger partial charge in [0.1, 0.15) is 23.3 Å². The molecule has 0 aromatic heterocycles. The van der Waals surface area contributed by atoms with Crippen molar-refractivity contribution < 1.29 is 14.3 Å². The Labute approximate surface area is 171 Å². The van der Waals surface area contributed by atoms with Gasteiger partial charge in [0.05, 0.1) is 0 Å². The van der Waals surface area contributed by atoms with E-state index in [1.165, 1.54) is 6.20 Å². The van der Waals surface area contributed by atoms with Gasteiger partial charge in [-0.25, -0.2) is 4.79 Å². The molecule has 0 saturated carbocycles. The molecule has 2 aromatic carbocycles. The molecule has 0 saturated heterocycles. The van der Waals surface area contributed by atoms with Crippen LogP contribution in [0.4, 0.5) is 0 Å². The molecule has 0 amide bonds. The number of hydrogen-bond donors (Lipinski definition) is 1. The molecular formula is C23H27N3O3. The van der Waals surface area contributed by atoms with Gasteiger partial charge in [0.25, 0.3) is 0 Å². The van der Waals surface area contributed by atoms with Gasteiger partial charge >= 0.3 is 5.97 Å². The van der Waals surface area contributed by atoms with Crippen molar-refractivity contribution in [3.63, 3.8) is 0 Å². The molecule has 0 aliphatic heterocycles. The van der Waals surface area contributed by atoms with Crippen molar-refractivity contribution in [1.82, 2.24) is 4.90 Å². The average Bonchev–Trinajstić information content (AvgIpc) is 2.62. The number of ketones is 1. The van der Waals surface area contributed by atoms with Crippen molar-refractivity contribution in [2.75, 3.05) is 14.1 Å². The van der Waals surface area contributed by atoms with Gasteiger partial charge in [-0.2, -0.15) is 5.26 Å². The first kappa shape index (κ1) is 22.1. The molecule has 0 fully saturated rings. The van der Waals surface area contributed by atoms with Crippen LogP contribution in [0.5, 0.6) is 0 Å². The Morgan fingerprint density at radius 3 is 2.38 bits per heavy atom. The maximum Gasteiger partial charge on any atom is 0.328 e. The predicted molar refractivity (Wildman–Crippen MR) is 113 cm³/mol. The SMILES string of the molecule is Cc1cc2cc(C(=O)/C(C#N)=C/N(C)C)ccc2cc1C(N)C(=O)OC(C)(C)C. The summed E-state index contributed by atoms with van der Waals surface area (Å²) < 4.78 is 5.39. The lowest BCUT2D eigenvalue weighted by Crippen LogP contribution is -2.31. The molecular weight excluding hydrogens is 366 g/mol. The van der Waals surface area contributed by atoms with Crippen molar-refractivity contribution in [3.8, 4) is 6.07 Å². The second kappa shape index (κ2) is 8.46. The molecule has 29 heavy (non-hydrogen) atoms. The van der Waals surface area contributed by atoms with E-state index in [1.54, 1.807) is 58.0 Å². The first-order chi connectivity index (χ1) is 13.4. The van der Waals surface area contributed by atoms with Crippen molar-refractivity contribution in [2.24, 2.45) is 5.73 Å². The average molecular weight is 393 g/mol. The van der Waals surface area contributed by atoms with Gasteiger partial charge in [-0.15, -0.1) is 0 Å². The van der Waals surface area contributed by atoms with Gasteiger partial charge in [-0.3, -0.25) is 4.79 Å². The second-order valence-electron chi connectivity index (χ2n) is 8.23. The lowest BCUT2D eigenvalue weighted by molar-refractivity contribution is -0.156. The Balaban J connectivity index is 2.42. The number of allylic oxidation sites excluding steroid dienone is 1. The van der Waals surface area contributed by atoms with Crippen LogP contribution < -0.4 is 5.73 Å². The number of nitriles is 1. The van der Waals surface area contributed by atoms with Gasteiger partial charge in [0.15, 0.2) is 0 Å². The number of carbonyl (C=O) groups excluding carboxylic acids is 2. The summed E-state index contributed by atoms with van der Waals surface area (Å²) in [4.78, 5) is 26.7. The quantitative estimate of drug-likeness (QED) is 0.361. The number of benzene rings is 2. The Morgan fingerprint density at radius 2 is 1.83 bits per heavy atom. The van der Waals surface area contributed by atoms with E-state index in [4.69, 9.17) is 10.5 Å². The zero-order chi connectivity index (χ0) is 21.9. The van der Waals surface area contributed by atoms with Crippen LogP contribution in [-0.4, -0.2) is 36.3 Å². The van der Waals surface area contributed by atoms with E-state index < -0.39 is 17.6 Å². The molecule has 1 unspecified atom stereocenters. The van der Waals surface area contributed by atoms with E-state index in [0.29, 0.717) is 11.1 Å². The van der Waals surface area contributed by atoms with Crippen LogP contribution in [0.25, 0.3) is 10.8 Å². The monoisotopic (exact) mass is 393 g/mol. The third-order valence-corrected chi connectivity index (χ3v) is 4.24. The highest BCUT2D eigenvalue weighted by Crippen LogP contribution is 2.27. The number of Topliss-reactive ketones (excluding diaryl/α,β-unsaturated/α-hetero) is 1. The number of rotatable bonds is 5. The van der Waals surface area contributed by atoms with Crippen LogP contribution in [0.2, 0.25) is 0 Å². The number of fused-ring (bicyclic) bond motifs is 1. The fraction of sp³-hybridized carbons (Fsp3) is 0.348. The van der Waals surface area contributed by atoms with Gasteiger partial charge in [-0.1, -0.05) is 18.2 Å². The summed E-state index contributed by atoms with van der Waals surface area (Å²) in [5.74, 6) is -0.825. The van der Waals surface area contributed by atoms with Crippen LogP contribution >= 0.6 is 0 Å². The van der Waals surface area contributed by atoms with Crippen molar-refractivity contribution >= 4 is 22.5 Å². The molecule has 6 nitrogen and oxygen atoms in total. The highest BCUT2D eigenvalue weighted by atomic mass is 16.6. The fourth-order valence-electron chi connectivity index (χ4n) is 2.95. The first-order valence-electron chi connectivity index (χ1n) is 9.28. The number of nitrogens with zero attached hydrogens (tertiary/aromatic N) is 2. The smallest absolute Gasteiger partial charge is 0.328 e. The number of nitrogens with two attached hydrogens (primary N) is 1. The molecule has 0 aliphatic carbocycles. The van der Waals surface area contributed by atoms with E-state index in [1.807, 2.05) is 25.1 Å². The van der Waals surface area contributed by atoms with Gasteiger partial charge < -0.3 is 15.4 Å². The number of carbonyl (C=O) groups is 2. The zero-order valence-corrected chi connectivity index (χ0v) is 17.7. The second-order valence-corrected chi connectivity index (χ2v) is 8.23. The van der Waals surface area contributed by atoms with Gasteiger partial charge in [0.2, 0.25) is 5.78 Å². The third kappa shape index (κ3) is 5.43. The standard InChI is InChI=1S/C23H27N3O3/c1-14-9-17-10-16(21(27)18(12-24)13-26(5)6)8-7-15(17)11-19(14)20(25)22(28)29-23(2,3)4/h7-11,13,20H,25H2,1-6H3/b18-13+. The fourth-order valence-corrected chi connectivity index (χ4v) is 2.95. The Bertz CT molecular complexity index is 1020. The summed E-state index contributed by atoms with van der Waals surface area (Å²) in [5.41, 5.74) is 7.52. The third-order valence-electron chi connectivity index (χ3n) is 4.24. The van der Waals surface area contributed by atoms with E-state index in [2.05, 4.69) is 0 Å². The zero-order valence-electron chi connectivity index (χ0n) is 17.7. The number of aryl methyl sites for hydroxylation is 1. The predicted octanol–water partition coefficient (Wildman–Crippen LogP) is 3.64. The topological polar surface area (TPSA) is 96.4 Å². The lowest BCUT2D eigenvalue weighted by atomic mass is 9.94. The normalized spacial score (nSPS) is 13.0. The minimum Gasteiger partial charge on any atom is -0.459 e. The van der Waals surface area contributed by atoms with E-state index in [9.17, 15) is 14.9 Å². The van der Waals surface area contributed by atoms with E-state index in [-0.39, 0.29) is 11.4 Å². The first-order valence-corrected chi connectivity index (χ1v) is 9.28. The summed E-state index contributed by atoms with van der Waals surface area (Å²) in [5, 5.41) is 10.9. The molecule has 2 N–H and O–H groups in total. The molecule has 0 spiro atoms. The molecule has 0 aliphatic rings. The Kier molecular flexibility index (Phi) is 6.45. The maximum atomic E-state index is 12.6. The van der Waals surface area contributed by atoms with Gasteiger partial charge in [-0.05, 0) is 61.7 Å². The Morgan fingerprint density at radius 1 is 1.17 bits per heavy atom.